The van der Waals surface area contributed by atoms with Crippen LogP contribution in [0.3, 0.4) is 0 Å². The third-order valence-electron chi connectivity index (χ3n) is 3.38. The van der Waals surface area contributed by atoms with Crippen LogP contribution in [-0.2, 0) is 0 Å². The number of nitrogens with one attached hydrogen (secondary N) is 1. The average Bonchev–Trinajstić information content (AvgIpc) is 2.86. The largest absolute Gasteiger partial charge is 0.455 e. The molecule has 0 unspecified atom stereocenters. The molecule has 0 bridgehead atoms. The van der Waals surface area contributed by atoms with Crippen molar-refractivity contribution in [3.05, 3.63) is 66.3 Å². The van der Waals surface area contributed by atoms with Gasteiger partial charge in [-0.25, -0.2) is 0 Å². The Morgan fingerprint density at radius 1 is 1.00 bits per heavy atom. The lowest BCUT2D eigenvalue weighted by Crippen LogP contribution is -1.79. The van der Waals surface area contributed by atoms with Crippen LogP contribution in [-0.4, -0.2) is 6.21 Å². The minimum atomic E-state index is 0.915. The van der Waals surface area contributed by atoms with Crippen LogP contribution in [0.2, 0.25) is 0 Å². The number of fused-ring (bicyclic) bond motifs is 3. The number of rotatable bonds is 3. The molecule has 2 aromatic carbocycles. The van der Waals surface area contributed by atoms with Gasteiger partial charge in [0.2, 0.25) is 0 Å². The Morgan fingerprint density at radius 3 is 2.65 bits per heavy atom. The van der Waals surface area contributed by atoms with E-state index >= 15 is 0 Å². The third kappa shape index (κ3) is 2.05. The first-order valence-electron chi connectivity index (χ1n) is 6.56. The molecule has 98 valence electrons. The van der Waals surface area contributed by atoms with Gasteiger partial charge < -0.3 is 9.83 Å². The van der Waals surface area contributed by atoms with Gasteiger partial charge in [0.1, 0.15) is 11.2 Å². The summed E-state index contributed by atoms with van der Waals surface area (Å²) >= 11 is 0. The molecule has 0 aliphatic carbocycles. The van der Waals surface area contributed by atoms with Gasteiger partial charge in [-0.2, -0.15) is 0 Å². The van der Waals surface area contributed by atoms with Crippen molar-refractivity contribution in [2.75, 3.05) is 0 Å². The van der Waals surface area contributed by atoms with Crippen molar-refractivity contribution in [1.82, 2.24) is 0 Å². The lowest BCUT2D eigenvalue weighted by atomic mass is 10.0. The first-order chi connectivity index (χ1) is 9.81. The zero-order chi connectivity index (χ0) is 13.9. The summed E-state index contributed by atoms with van der Waals surface area (Å²) in [6, 6.07) is 14.3. The summed E-state index contributed by atoms with van der Waals surface area (Å²) < 4.78 is 6.00. The van der Waals surface area contributed by atoms with E-state index in [9.17, 15) is 0 Å². The lowest BCUT2D eigenvalue weighted by Gasteiger charge is -2.01. The molecule has 1 aromatic heterocycles. The molecule has 0 saturated carbocycles. The highest BCUT2D eigenvalue weighted by Gasteiger charge is 2.10. The molecular weight excluding hydrogens is 246 g/mol. The van der Waals surface area contributed by atoms with E-state index in [4.69, 9.17) is 9.83 Å². The van der Waals surface area contributed by atoms with Gasteiger partial charge in [0.15, 0.2) is 0 Å². The standard InChI is InChI=1S/C18H15NO/c1-13(7-4-5-12-19)14-9-6-10-16-15-8-2-3-11-17(15)20-18(14)16/h2-12,19H,1H3/b5-4-,13-7+,19-12?. The average molecular weight is 261 g/mol. The van der Waals surface area contributed by atoms with Crippen molar-refractivity contribution in [3.63, 3.8) is 0 Å². The molecule has 0 saturated heterocycles. The van der Waals surface area contributed by atoms with Crippen LogP contribution in [0.25, 0.3) is 27.5 Å². The number of benzene rings is 2. The number of allylic oxidation sites excluding steroid dienone is 4. The van der Waals surface area contributed by atoms with Gasteiger partial charge in [-0.3, -0.25) is 0 Å². The molecule has 1 heterocycles. The van der Waals surface area contributed by atoms with Gasteiger partial charge >= 0.3 is 0 Å². The zero-order valence-electron chi connectivity index (χ0n) is 11.3. The Kier molecular flexibility index (Phi) is 3.21. The highest BCUT2D eigenvalue weighted by atomic mass is 16.3. The Bertz CT molecular complexity index is 837. The molecule has 0 aliphatic rings. The van der Waals surface area contributed by atoms with Crippen molar-refractivity contribution in [2.45, 2.75) is 6.92 Å². The molecular formula is C18H15NO. The molecule has 1 N–H and O–H groups in total. The Labute approximate surface area is 117 Å². The first-order valence-corrected chi connectivity index (χ1v) is 6.56. The van der Waals surface area contributed by atoms with Crippen molar-refractivity contribution in [1.29, 1.82) is 5.41 Å². The fourth-order valence-electron chi connectivity index (χ4n) is 2.40. The molecule has 0 spiro atoms. The quantitative estimate of drug-likeness (QED) is 0.511. The van der Waals surface area contributed by atoms with Gasteiger partial charge in [0, 0.05) is 22.6 Å². The van der Waals surface area contributed by atoms with Crippen molar-refractivity contribution >= 4 is 33.7 Å². The highest BCUT2D eigenvalue weighted by molar-refractivity contribution is 6.08. The summed E-state index contributed by atoms with van der Waals surface area (Å²) in [5, 5.41) is 9.28. The van der Waals surface area contributed by atoms with E-state index in [0.717, 1.165) is 33.1 Å². The molecule has 3 rings (SSSR count). The molecule has 0 atom stereocenters. The molecule has 3 aromatic rings. The predicted octanol–water partition coefficient (Wildman–Crippen LogP) is 5.20. The molecule has 0 radical (unpaired) electrons. The second kappa shape index (κ2) is 5.17. The van der Waals surface area contributed by atoms with Crippen LogP contribution in [0, 0.1) is 5.41 Å². The van der Waals surface area contributed by atoms with Gasteiger partial charge in [-0.1, -0.05) is 48.6 Å². The van der Waals surface area contributed by atoms with Crippen LogP contribution < -0.4 is 0 Å². The van der Waals surface area contributed by atoms with Gasteiger partial charge in [-0.15, -0.1) is 0 Å². The number of hydrogen-bond acceptors (Lipinski definition) is 2. The summed E-state index contributed by atoms with van der Waals surface area (Å²) in [6.07, 6.45) is 6.82. The minimum absolute atomic E-state index is 0.915. The van der Waals surface area contributed by atoms with Crippen LogP contribution in [0.5, 0.6) is 0 Å². The van der Waals surface area contributed by atoms with Crippen LogP contribution in [0.15, 0.2) is 65.1 Å². The van der Waals surface area contributed by atoms with Gasteiger partial charge in [-0.05, 0) is 24.6 Å². The Balaban J connectivity index is 2.24. The molecule has 0 amide bonds. The van der Waals surface area contributed by atoms with Crippen LogP contribution >= 0.6 is 0 Å². The lowest BCUT2D eigenvalue weighted by molar-refractivity contribution is 0.667. The summed E-state index contributed by atoms with van der Waals surface area (Å²) in [6.45, 7) is 2.05. The van der Waals surface area contributed by atoms with Crippen molar-refractivity contribution in [3.8, 4) is 0 Å². The van der Waals surface area contributed by atoms with Crippen LogP contribution in [0.4, 0.5) is 0 Å². The maximum absolute atomic E-state index is 7.00. The van der Waals surface area contributed by atoms with E-state index < -0.39 is 0 Å². The van der Waals surface area contributed by atoms with E-state index in [0.29, 0.717) is 0 Å². The summed E-state index contributed by atoms with van der Waals surface area (Å²) in [4.78, 5) is 0. The summed E-state index contributed by atoms with van der Waals surface area (Å²) in [5.74, 6) is 0. The van der Waals surface area contributed by atoms with E-state index in [1.165, 1.54) is 6.21 Å². The van der Waals surface area contributed by atoms with Gasteiger partial charge in [0.25, 0.3) is 0 Å². The van der Waals surface area contributed by atoms with Crippen LogP contribution in [0.1, 0.15) is 12.5 Å². The normalized spacial score (nSPS) is 12.6. The predicted molar refractivity (Wildman–Crippen MR) is 85.3 cm³/mol. The van der Waals surface area contributed by atoms with Crippen molar-refractivity contribution < 1.29 is 4.42 Å². The Morgan fingerprint density at radius 2 is 1.80 bits per heavy atom. The molecule has 2 nitrogen and oxygen atoms in total. The second-order valence-corrected chi connectivity index (χ2v) is 4.68. The number of furan rings is 1. The SMILES string of the molecule is C/C(=C\C=C/C=N)c1cccc2c1oc1ccccc12. The summed E-state index contributed by atoms with van der Waals surface area (Å²) in [5.41, 5.74) is 4.05. The molecule has 0 fully saturated rings. The number of hydrogen-bond donors (Lipinski definition) is 1. The fraction of sp³-hybridized carbons (Fsp3) is 0.0556. The molecule has 0 aliphatic heterocycles. The topological polar surface area (TPSA) is 37.0 Å². The number of para-hydroxylation sites is 2. The zero-order valence-corrected chi connectivity index (χ0v) is 11.3. The smallest absolute Gasteiger partial charge is 0.142 e. The minimum Gasteiger partial charge on any atom is -0.455 e. The monoisotopic (exact) mass is 261 g/mol. The summed E-state index contributed by atoms with van der Waals surface area (Å²) in [7, 11) is 0. The van der Waals surface area contributed by atoms with Crippen molar-refractivity contribution in [2.24, 2.45) is 0 Å². The Hall–Kier alpha value is -2.61. The second-order valence-electron chi connectivity index (χ2n) is 4.68. The van der Waals surface area contributed by atoms with E-state index in [1.807, 2.05) is 30.4 Å². The van der Waals surface area contributed by atoms with Gasteiger partial charge in [0.05, 0.1) is 0 Å². The molecule has 20 heavy (non-hydrogen) atoms. The maximum Gasteiger partial charge on any atom is 0.142 e. The maximum atomic E-state index is 7.00. The third-order valence-corrected chi connectivity index (χ3v) is 3.38. The van der Waals surface area contributed by atoms with E-state index in [2.05, 4.69) is 31.2 Å². The fourth-order valence-corrected chi connectivity index (χ4v) is 2.40. The highest BCUT2D eigenvalue weighted by Crippen LogP contribution is 2.33. The van der Waals surface area contributed by atoms with E-state index in [-0.39, 0.29) is 0 Å². The molecule has 2 heteroatoms. The van der Waals surface area contributed by atoms with E-state index in [1.54, 1.807) is 6.08 Å². The first kappa shape index (κ1) is 12.4.